The quantitative estimate of drug-likeness (QED) is 0.687. The van der Waals surface area contributed by atoms with Gasteiger partial charge in [-0.2, -0.15) is 0 Å². The monoisotopic (exact) mass is 403 g/mol. The van der Waals surface area contributed by atoms with E-state index in [2.05, 4.69) is 37.1 Å². The Morgan fingerprint density at radius 2 is 1.93 bits per heavy atom. The van der Waals surface area contributed by atoms with Crippen LogP contribution in [0.5, 0.6) is 0 Å². The van der Waals surface area contributed by atoms with Crippen LogP contribution in [0.3, 0.4) is 0 Å². The van der Waals surface area contributed by atoms with E-state index < -0.39 is 5.91 Å². The number of hydrogen-bond acceptors (Lipinski definition) is 6. The SMILES string of the molecule is CC(C)(C)Nc1ncc2c(-c3ccccc3C(N)=O)ncc(C3=CCOCC3)c2n1. The molecule has 0 fully saturated rings. The Hall–Kier alpha value is -3.32. The van der Waals surface area contributed by atoms with Gasteiger partial charge in [-0.1, -0.05) is 24.3 Å². The van der Waals surface area contributed by atoms with E-state index >= 15 is 0 Å². The molecule has 3 aromatic rings. The van der Waals surface area contributed by atoms with Gasteiger partial charge >= 0.3 is 0 Å². The first kappa shape index (κ1) is 20.0. The number of hydrogen-bond donors (Lipinski definition) is 2. The van der Waals surface area contributed by atoms with Crippen molar-refractivity contribution in [1.29, 1.82) is 0 Å². The number of aromatic nitrogens is 3. The summed E-state index contributed by atoms with van der Waals surface area (Å²) in [5, 5.41) is 4.10. The highest BCUT2D eigenvalue weighted by molar-refractivity contribution is 6.05. The summed E-state index contributed by atoms with van der Waals surface area (Å²) in [4.78, 5) is 26.0. The van der Waals surface area contributed by atoms with E-state index in [0.29, 0.717) is 36.0 Å². The maximum atomic E-state index is 12.0. The largest absolute Gasteiger partial charge is 0.377 e. The number of ether oxygens (including phenoxy) is 1. The molecule has 4 rings (SSSR count). The highest BCUT2D eigenvalue weighted by Gasteiger charge is 2.20. The second-order valence-corrected chi connectivity index (χ2v) is 8.32. The summed E-state index contributed by atoms with van der Waals surface area (Å²) in [6.45, 7) is 7.41. The molecule has 0 aliphatic carbocycles. The minimum absolute atomic E-state index is 0.180. The highest BCUT2D eigenvalue weighted by Crippen LogP contribution is 2.34. The Bertz CT molecular complexity index is 1150. The number of primary amides is 1. The standard InChI is InChI=1S/C23H25N5O2/c1-23(2,3)28-22-26-13-18-19(15-6-4-5-7-16(15)21(24)29)25-12-17(20(18)27-22)14-8-10-30-11-9-14/h4-8,12-13H,9-11H2,1-3H3,(H2,24,29)(H,26,27,28). The Morgan fingerprint density at radius 3 is 2.63 bits per heavy atom. The van der Waals surface area contributed by atoms with E-state index in [1.54, 1.807) is 18.3 Å². The number of rotatable bonds is 4. The molecule has 3 N–H and O–H groups in total. The Kier molecular flexibility index (Phi) is 5.22. The van der Waals surface area contributed by atoms with Crippen molar-refractivity contribution in [3.63, 3.8) is 0 Å². The van der Waals surface area contributed by atoms with E-state index in [1.165, 1.54) is 0 Å². The fourth-order valence-corrected chi connectivity index (χ4v) is 3.54. The highest BCUT2D eigenvalue weighted by atomic mass is 16.5. The van der Waals surface area contributed by atoms with E-state index in [0.717, 1.165) is 28.5 Å². The molecule has 7 heteroatoms. The summed E-state index contributed by atoms with van der Waals surface area (Å²) in [5.74, 6) is 0.0490. The van der Waals surface area contributed by atoms with Gasteiger partial charge in [0.15, 0.2) is 0 Å². The molecule has 30 heavy (non-hydrogen) atoms. The molecule has 0 saturated carbocycles. The van der Waals surface area contributed by atoms with Gasteiger partial charge in [-0.15, -0.1) is 0 Å². The zero-order valence-electron chi connectivity index (χ0n) is 17.4. The number of nitrogens with two attached hydrogens (primary N) is 1. The van der Waals surface area contributed by atoms with Gasteiger partial charge in [-0.3, -0.25) is 9.78 Å². The molecule has 0 unspecified atom stereocenters. The first-order chi connectivity index (χ1) is 14.3. The van der Waals surface area contributed by atoms with Crippen molar-refractivity contribution in [3.05, 3.63) is 53.9 Å². The summed E-state index contributed by atoms with van der Waals surface area (Å²) in [6.07, 6.45) is 6.44. The molecule has 154 valence electrons. The molecule has 0 saturated heterocycles. The van der Waals surface area contributed by atoms with Crippen LogP contribution in [-0.4, -0.2) is 39.6 Å². The lowest BCUT2D eigenvalue weighted by Gasteiger charge is -2.21. The van der Waals surface area contributed by atoms with Crippen molar-refractivity contribution in [1.82, 2.24) is 15.0 Å². The predicted octanol–water partition coefficient (Wildman–Crippen LogP) is 3.80. The number of nitrogens with one attached hydrogen (secondary N) is 1. The molecule has 0 bridgehead atoms. The number of carbonyl (C=O) groups is 1. The third-order valence-electron chi connectivity index (χ3n) is 4.87. The van der Waals surface area contributed by atoms with Gasteiger partial charge in [0.2, 0.25) is 11.9 Å². The number of nitrogens with zero attached hydrogens (tertiary/aromatic N) is 3. The van der Waals surface area contributed by atoms with Gasteiger partial charge in [-0.05, 0) is 38.8 Å². The summed E-state index contributed by atoms with van der Waals surface area (Å²) < 4.78 is 5.46. The van der Waals surface area contributed by atoms with E-state index in [9.17, 15) is 4.79 Å². The topological polar surface area (TPSA) is 103 Å². The van der Waals surface area contributed by atoms with Gasteiger partial charge in [0.05, 0.1) is 24.4 Å². The summed E-state index contributed by atoms with van der Waals surface area (Å²) in [6, 6.07) is 7.20. The molecule has 2 aromatic heterocycles. The molecule has 0 radical (unpaired) electrons. The second kappa shape index (κ2) is 7.84. The van der Waals surface area contributed by atoms with Gasteiger partial charge in [0.25, 0.3) is 0 Å². The average Bonchev–Trinajstić information content (AvgIpc) is 2.72. The van der Waals surface area contributed by atoms with E-state index in [1.807, 2.05) is 18.3 Å². The number of fused-ring (bicyclic) bond motifs is 1. The number of benzene rings is 1. The van der Waals surface area contributed by atoms with Crippen molar-refractivity contribution >= 4 is 28.3 Å². The lowest BCUT2D eigenvalue weighted by Crippen LogP contribution is -2.27. The molecule has 1 aromatic carbocycles. The molecule has 0 spiro atoms. The van der Waals surface area contributed by atoms with Crippen molar-refractivity contribution in [3.8, 4) is 11.3 Å². The van der Waals surface area contributed by atoms with Crippen LogP contribution in [0.4, 0.5) is 5.95 Å². The molecular weight excluding hydrogens is 378 g/mol. The fourth-order valence-electron chi connectivity index (χ4n) is 3.54. The van der Waals surface area contributed by atoms with E-state index in [4.69, 9.17) is 20.4 Å². The molecule has 7 nitrogen and oxygen atoms in total. The Morgan fingerprint density at radius 1 is 1.13 bits per heavy atom. The normalized spacial score (nSPS) is 14.4. The average molecular weight is 403 g/mol. The summed E-state index contributed by atoms with van der Waals surface area (Å²) >= 11 is 0. The first-order valence-corrected chi connectivity index (χ1v) is 9.94. The van der Waals surface area contributed by atoms with Crippen LogP contribution in [0.1, 0.15) is 43.1 Å². The van der Waals surface area contributed by atoms with Crippen LogP contribution in [0.2, 0.25) is 0 Å². The van der Waals surface area contributed by atoms with Gasteiger partial charge in [0.1, 0.15) is 0 Å². The van der Waals surface area contributed by atoms with Crippen molar-refractivity contribution in [2.75, 3.05) is 18.5 Å². The van der Waals surface area contributed by atoms with Crippen LogP contribution < -0.4 is 11.1 Å². The minimum Gasteiger partial charge on any atom is -0.377 e. The number of carbonyl (C=O) groups excluding carboxylic acids is 1. The fraction of sp³-hybridized carbons (Fsp3) is 0.304. The zero-order valence-corrected chi connectivity index (χ0v) is 17.4. The van der Waals surface area contributed by atoms with Gasteiger partial charge in [-0.25, -0.2) is 9.97 Å². The molecule has 0 atom stereocenters. The second-order valence-electron chi connectivity index (χ2n) is 8.32. The van der Waals surface area contributed by atoms with Gasteiger partial charge in [0, 0.05) is 40.0 Å². The van der Waals surface area contributed by atoms with Crippen LogP contribution in [0, 0.1) is 0 Å². The third kappa shape index (κ3) is 4.02. The number of amides is 1. The van der Waals surface area contributed by atoms with Crippen molar-refractivity contribution in [2.45, 2.75) is 32.7 Å². The minimum atomic E-state index is -0.497. The van der Waals surface area contributed by atoms with Crippen LogP contribution >= 0.6 is 0 Å². The molecule has 1 amide bonds. The molecular formula is C23H25N5O2. The third-order valence-corrected chi connectivity index (χ3v) is 4.87. The number of pyridine rings is 1. The first-order valence-electron chi connectivity index (χ1n) is 9.94. The lowest BCUT2D eigenvalue weighted by molar-refractivity contribution is 0.100. The van der Waals surface area contributed by atoms with Crippen LogP contribution in [0.15, 0.2) is 42.7 Å². The smallest absolute Gasteiger partial charge is 0.249 e. The maximum absolute atomic E-state index is 12.0. The van der Waals surface area contributed by atoms with Gasteiger partial charge < -0.3 is 15.8 Å². The summed E-state index contributed by atoms with van der Waals surface area (Å²) in [7, 11) is 0. The molecule has 1 aliphatic rings. The van der Waals surface area contributed by atoms with Crippen LogP contribution in [0.25, 0.3) is 27.7 Å². The molecule has 1 aliphatic heterocycles. The summed E-state index contributed by atoms with van der Waals surface area (Å²) in [5.41, 5.74) is 10.0. The number of anilines is 1. The van der Waals surface area contributed by atoms with Crippen molar-refractivity contribution < 1.29 is 9.53 Å². The molecule has 3 heterocycles. The lowest BCUT2D eigenvalue weighted by atomic mass is 9.96. The van der Waals surface area contributed by atoms with Crippen molar-refractivity contribution in [2.24, 2.45) is 5.73 Å². The Balaban J connectivity index is 1.96. The van der Waals surface area contributed by atoms with E-state index in [-0.39, 0.29) is 5.54 Å². The Labute approximate surface area is 175 Å². The maximum Gasteiger partial charge on any atom is 0.249 e. The zero-order chi connectivity index (χ0) is 21.3. The van der Waals surface area contributed by atoms with Crippen LogP contribution in [-0.2, 0) is 4.74 Å². The predicted molar refractivity (Wildman–Crippen MR) is 118 cm³/mol.